The van der Waals surface area contributed by atoms with Crippen molar-refractivity contribution in [2.75, 3.05) is 0 Å². The number of carboxylic acid groups (broad SMARTS) is 1. The number of amides is 1. The molecule has 22 heavy (non-hydrogen) atoms. The molecule has 2 rings (SSSR count). The third kappa shape index (κ3) is 3.87. The maximum Gasteiger partial charge on any atom is 0.329 e. The Balaban J connectivity index is 1.88. The highest BCUT2D eigenvalue weighted by Crippen LogP contribution is 2.30. The Morgan fingerprint density at radius 3 is 2.27 bits per heavy atom. The smallest absolute Gasteiger partial charge is 0.329 e. The molecule has 4 nitrogen and oxygen atoms in total. The summed E-state index contributed by atoms with van der Waals surface area (Å²) in [5, 5.41) is 12.1. The summed E-state index contributed by atoms with van der Waals surface area (Å²) in [5.41, 5.74) is 1.36. The van der Waals surface area contributed by atoms with Crippen LogP contribution in [0, 0.1) is 0 Å². The number of nitrogens with one attached hydrogen (secondary N) is 1. The van der Waals surface area contributed by atoms with E-state index in [1.807, 2.05) is 12.1 Å². The van der Waals surface area contributed by atoms with Gasteiger partial charge in [0.25, 0.3) is 0 Å². The van der Waals surface area contributed by atoms with Gasteiger partial charge in [-0.25, -0.2) is 4.79 Å². The standard InChI is InChI=1S/C18H25NO3/c1-13(2)15-8-5-14(6-9-15)7-10-16(20)19-18(17(21)22)11-3-4-12-18/h5-6,8-9,13H,3-4,7,10-12H2,1-2H3,(H,19,20)(H,21,22). The number of carbonyl (C=O) groups is 2. The van der Waals surface area contributed by atoms with Gasteiger partial charge in [0.1, 0.15) is 5.54 Å². The van der Waals surface area contributed by atoms with Gasteiger partial charge in [-0.1, -0.05) is 51.0 Å². The second kappa shape index (κ2) is 6.95. The molecule has 0 heterocycles. The van der Waals surface area contributed by atoms with E-state index in [1.54, 1.807) is 0 Å². The van der Waals surface area contributed by atoms with Gasteiger partial charge in [-0.3, -0.25) is 4.79 Å². The van der Waals surface area contributed by atoms with E-state index in [-0.39, 0.29) is 5.91 Å². The molecule has 1 fully saturated rings. The number of rotatable bonds is 6. The van der Waals surface area contributed by atoms with Gasteiger partial charge < -0.3 is 10.4 Å². The Morgan fingerprint density at radius 1 is 1.18 bits per heavy atom. The first-order valence-corrected chi connectivity index (χ1v) is 8.06. The van der Waals surface area contributed by atoms with E-state index in [4.69, 9.17) is 0 Å². The van der Waals surface area contributed by atoms with Gasteiger partial charge in [-0.05, 0) is 36.3 Å². The van der Waals surface area contributed by atoms with Crippen molar-refractivity contribution in [3.63, 3.8) is 0 Å². The molecule has 0 bridgehead atoms. The molecule has 1 aliphatic carbocycles. The molecule has 1 aromatic carbocycles. The van der Waals surface area contributed by atoms with Crippen LogP contribution in [-0.2, 0) is 16.0 Å². The molecule has 0 unspecified atom stereocenters. The summed E-state index contributed by atoms with van der Waals surface area (Å²) in [7, 11) is 0. The van der Waals surface area contributed by atoms with Gasteiger partial charge in [-0.15, -0.1) is 0 Å². The van der Waals surface area contributed by atoms with Crippen molar-refractivity contribution in [3.8, 4) is 0 Å². The second-order valence-electron chi connectivity index (χ2n) is 6.54. The van der Waals surface area contributed by atoms with Crippen LogP contribution < -0.4 is 5.32 Å². The molecule has 0 spiro atoms. The zero-order valence-electron chi connectivity index (χ0n) is 13.4. The van der Waals surface area contributed by atoms with Crippen LogP contribution in [-0.4, -0.2) is 22.5 Å². The summed E-state index contributed by atoms with van der Waals surface area (Å²) in [6.07, 6.45) is 3.77. The fourth-order valence-corrected chi connectivity index (χ4v) is 3.03. The molecule has 0 radical (unpaired) electrons. The largest absolute Gasteiger partial charge is 0.480 e. The topological polar surface area (TPSA) is 66.4 Å². The minimum absolute atomic E-state index is 0.169. The fraction of sp³-hybridized carbons (Fsp3) is 0.556. The first kappa shape index (κ1) is 16.5. The van der Waals surface area contributed by atoms with E-state index in [0.717, 1.165) is 18.4 Å². The highest BCUT2D eigenvalue weighted by Gasteiger charge is 2.42. The molecule has 1 aliphatic rings. The number of benzene rings is 1. The Labute approximate surface area is 131 Å². The molecule has 2 N–H and O–H groups in total. The van der Waals surface area contributed by atoms with Gasteiger partial charge >= 0.3 is 5.97 Å². The number of hydrogen-bond acceptors (Lipinski definition) is 2. The highest BCUT2D eigenvalue weighted by atomic mass is 16.4. The third-order valence-electron chi connectivity index (χ3n) is 4.53. The molecule has 0 saturated heterocycles. The van der Waals surface area contributed by atoms with Crippen molar-refractivity contribution in [1.82, 2.24) is 5.32 Å². The third-order valence-corrected chi connectivity index (χ3v) is 4.53. The van der Waals surface area contributed by atoms with Gasteiger partial charge in [0, 0.05) is 6.42 Å². The number of aryl methyl sites for hydroxylation is 1. The van der Waals surface area contributed by atoms with Gasteiger partial charge in [-0.2, -0.15) is 0 Å². The molecular formula is C18H25NO3. The average molecular weight is 303 g/mol. The van der Waals surface area contributed by atoms with Crippen molar-refractivity contribution in [3.05, 3.63) is 35.4 Å². The lowest BCUT2D eigenvalue weighted by atomic mass is 9.97. The van der Waals surface area contributed by atoms with Gasteiger partial charge in [0.05, 0.1) is 0 Å². The first-order chi connectivity index (χ1) is 10.4. The predicted molar refractivity (Wildman–Crippen MR) is 85.8 cm³/mol. The zero-order chi connectivity index (χ0) is 16.2. The van der Waals surface area contributed by atoms with E-state index < -0.39 is 11.5 Å². The van der Waals surface area contributed by atoms with Crippen molar-refractivity contribution < 1.29 is 14.7 Å². The second-order valence-corrected chi connectivity index (χ2v) is 6.54. The van der Waals surface area contributed by atoms with Crippen LogP contribution in [0.2, 0.25) is 0 Å². The summed E-state index contributed by atoms with van der Waals surface area (Å²) in [4.78, 5) is 23.5. The van der Waals surface area contributed by atoms with Crippen LogP contribution in [0.25, 0.3) is 0 Å². The highest BCUT2D eigenvalue weighted by molar-refractivity contribution is 5.87. The maximum atomic E-state index is 12.1. The molecule has 1 aromatic rings. The van der Waals surface area contributed by atoms with E-state index >= 15 is 0 Å². The summed E-state index contributed by atoms with van der Waals surface area (Å²) in [6, 6.07) is 8.28. The lowest BCUT2D eigenvalue weighted by Gasteiger charge is -2.25. The molecule has 0 aromatic heterocycles. The number of aliphatic carboxylic acids is 1. The molecule has 120 valence electrons. The summed E-state index contributed by atoms with van der Waals surface area (Å²) in [6.45, 7) is 4.30. The number of hydrogen-bond donors (Lipinski definition) is 2. The average Bonchev–Trinajstić information content (AvgIpc) is 2.95. The van der Waals surface area contributed by atoms with Crippen molar-refractivity contribution in [1.29, 1.82) is 0 Å². The Kier molecular flexibility index (Phi) is 5.22. The molecule has 4 heteroatoms. The van der Waals surface area contributed by atoms with Crippen LogP contribution >= 0.6 is 0 Å². The van der Waals surface area contributed by atoms with Crippen molar-refractivity contribution in [2.45, 2.75) is 63.8 Å². The van der Waals surface area contributed by atoms with Crippen LogP contribution in [0.1, 0.15) is 63.0 Å². The van der Waals surface area contributed by atoms with E-state index in [2.05, 4.69) is 31.3 Å². The minimum Gasteiger partial charge on any atom is -0.480 e. The quantitative estimate of drug-likeness (QED) is 0.847. The van der Waals surface area contributed by atoms with E-state index in [1.165, 1.54) is 5.56 Å². The van der Waals surface area contributed by atoms with Crippen molar-refractivity contribution in [2.24, 2.45) is 0 Å². The lowest BCUT2D eigenvalue weighted by molar-refractivity contribution is -0.147. The van der Waals surface area contributed by atoms with Gasteiger partial charge in [0.2, 0.25) is 5.91 Å². The van der Waals surface area contributed by atoms with Crippen LogP contribution in [0.3, 0.4) is 0 Å². The van der Waals surface area contributed by atoms with E-state index in [0.29, 0.717) is 31.6 Å². The Hall–Kier alpha value is -1.84. The van der Waals surface area contributed by atoms with Crippen LogP contribution in [0.5, 0.6) is 0 Å². The maximum absolute atomic E-state index is 12.1. The molecule has 0 aliphatic heterocycles. The Bertz CT molecular complexity index is 528. The fourth-order valence-electron chi connectivity index (χ4n) is 3.03. The predicted octanol–water partition coefficient (Wildman–Crippen LogP) is 3.26. The number of carbonyl (C=O) groups excluding carboxylic acids is 1. The number of carboxylic acids is 1. The van der Waals surface area contributed by atoms with Crippen molar-refractivity contribution >= 4 is 11.9 Å². The Morgan fingerprint density at radius 2 is 1.77 bits per heavy atom. The SMILES string of the molecule is CC(C)c1ccc(CCC(=O)NC2(C(=O)O)CCCC2)cc1. The van der Waals surface area contributed by atoms with Gasteiger partial charge in [0.15, 0.2) is 0 Å². The minimum atomic E-state index is -1.03. The first-order valence-electron chi connectivity index (χ1n) is 8.06. The molecule has 1 amide bonds. The molecular weight excluding hydrogens is 278 g/mol. The van der Waals surface area contributed by atoms with Crippen LogP contribution in [0.15, 0.2) is 24.3 Å². The lowest BCUT2D eigenvalue weighted by Crippen LogP contribution is -2.52. The molecule has 0 atom stereocenters. The van der Waals surface area contributed by atoms with E-state index in [9.17, 15) is 14.7 Å². The summed E-state index contributed by atoms with van der Waals surface area (Å²) in [5.74, 6) is -0.577. The summed E-state index contributed by atoms with van der Waals surface area (Å²) >= 11 is 0. The monoisotopic (exact) mass is 303 g/mol. The molecule has 1 saturated carbocycles. The normalized spacial score (nSPS) is 16.7. The zero-order valence-corrected chi connectivity index (χ0v) is 13.4. The summed E-state index contributed by atoms with van der Waals surface area (Å²) < 4.78 is 0. The van der Waals surface area contributed by atoms with Crippen LogP contribution in [0.4, 0.5) is 0 Å².